The lowest BCUT2D eigenvalue weighted by atomic mass is 10.2. The van der Waals surface area contributed by atoms with Crippen molar-refractivity contribution in [3.8, 4) is 0 Å². The minimum Gasteiger partial charge on any atom is -0.298 e. The summed E-state index contributed by atoms with van der Waals surface area (Å²) in [6.45, 7) is 3.02. The quantitative estimate of drug-likeness (QED) is 0.850. The van der Waals surface area contributed by atoms with E-state index in [1.165, 1.54) is 5.56 Å². The molecule has 1 N–H and O–H groups in total. The van der Waals surface area contributed by atoms with Crippen LogP contribution in [0.25, 0.3) is 0 Å². The smallest absolute Gasteiger partial charge is 0.211 e. The molecule has 0 saturated carbocycles. The average molecular weight is 254 g/mol. The highest BCUT2D eigenvalue weighted by Gasteiger charge is 2.15. The Kier molecular flexibility index (Phi) is 4.15. The second-order valence-electron chi connectivity index (χ2n) is 4.33. The van der Waals surface area contributed by atoms with Gasteiger partial charge in [0.05, 0.1) is 5.75 Å². The van der Waals surface area contributed by atoms with Crippen LogP contribution < -0.4 is 4.72 Å². The van der Waals surface area contributed by atoms with Crippen LogP contribution in [0.5, 0.6) is 0 Å². The first-order chi connectivity index (χ1) is 8.16. The molecule has 94 valence electrons. The maximum atomic E-state index is 11.4. The molecule has 1 aliphatic rings. The molecule has 1 fully saturated rings. The van der Waals surface area contributed by atoms with Crippen LogP contribution in [0.15, 0.2) is 30.3 Å². The molecule has 5 heteroatoms. The third-order valence-electron chi connectivity index (χ3n) is 2.89. The van der Waals surface area contributed by atoms with Gasteiger partial charge in [0.25, 0.3) is 0 Å². The fourth-order valence-corrected chi connectivity index (χ4v) is 3.08. The fourth-order valence-electron chi connectivity index (χ4n) is 2.02. The van der Waals surface area contributed by atoms with Crippen LogP contribution in [0.3, 0.4) is 0 Å². The third kappa shape index (κ3) is 4.11. The van der Waals surface area contributed by atoms with Crippen LogP contribution >= 0.6 is 0 Å². The Morgan fingerprint density at radius 2 is 1.94 bits per heavy atom. The highest BCUT2D eigenvalue weighted by molar-refractivity contribution is 7.89. The monoisotopic (exact) mass is 254 g/mol. The van der Waals surface area contributed by atoms with Crippen LogP contribution in [0.4, 0.5) is 0 Å². The van der Waals surface area contributed by atoms with Crippen molar-refractivity contribution in [2.45, 2.75) is 13.0 Å². The summed E-state index contributed by atoms with van der Waals surface area (Å²) in [5, 5.41) is 0. The van der Waals surface area contributed by atoms with Gasteiger partial charge in [0.2, 0.25) is 10.0 Å². The molecule has 1 aliphatic heterocycles. The maximum Gasteiger partial charge on any atom is 0.211 e. The van der Waals surface area contributed by atoms with E-state index in [0.717, 1.165) is 19.6 Å². The second-order valence-corrected chi connectivity index (χ2v) is 6.25. The molecule has 0 spiro atoms. The van der Waals surface area contributed by atoms with Crippen molar-refractivity contribution in [1.82, 2.24) is 9.62 Å². The van der Waals surface area contributed by atoms with Crippen molar-refractivity contribution in [2.24, 2.45) is 0 Å². The molecule has 0 amide bonds. The van der Waals surface area contributed by atoms with E-state index >= 15 is 0 Å². The molecule has 17 heavy (non-hydrogen) atoms. The summed E-state index contributed by atoms with van der Waals surface area (Å²) in [4.78, 5) is 2.29. The average Bonchev–Trinajstić information content (AvgIpc) is 2.27. The molecule has 1 heterocycles. The predicted molar refractivity (Wildman–Crippen MR) is 68.1 cm³/mol. The molecular weight excluding hydrogens is 236 g/mol. The van der Waals surface area contributed by atoms with Crippen LogP contribution in [0.2, 0.25) is 0 Å². The summed E-state index contributed by atoms with van der Waals surface area (Å²) < 4.78 is 25.3. The molecule has 0 unspecified atom stereocenters. The Balaban J connectivity index is 1.91. The second kappa shape index (κ2) is 5.62. The summed E-state index contributed by atoms with van der Waals surface area (Å²) in [7, 11) is -3.02. The number of sulfonamides is 1. The molecule has 1 saturated heterocycles. The van der Waals surface area contributed by atoms with Crippen molar-refractivity contribution in [3.05, 3.63) is 35.9 Å². The molecule has 2 rings (SSSR count). The van der Waals surface area contributed by atoms with Crippen LogP contribution in [0, 0.1) is 0 Å². The Labute approximate surface area is 103 Å². The van der Waals surface area contributed by atoms with Gasteiger partial charge in [-0.15, -0.1) is 0 Å². The first kappa shape index (κ1) is 12.5. The zero-order valence-electron chi connectivity index (χ0n) is 9.80. The number of hydrogen-bond acceptors (Lipinski definition) is 3. The Morgan fingerprint density at radius 3 is 2.71 bits per heavy atom. The predicted octanol–water partition coefficient (Wildman–Crippen LogP) is 0.812. The highest BCUT2D eigenvalue weighted by Crippen LogP contribution is 2.06. The third-order valence-corrected chi connectivity index (χ3v) is 4.36. The summed E-state index contributed by atoms with van der Waals surface area (Å²) in [6.07, 6.45) is 0.697. The summed E-state index contributed by atoms with van der Waals surface area (Å²) in [5.41, 5.74) is 1.27. The first-order valence-electron chi connectivity index (χ1n) is 5.89. The van der Waals surface area contributed by atoms with Gasteiger partial charge in [-0.25, -0.2) is 13.1 Å². The van der Waals surface area contributed by atoms with E-state index in [-0.39, 0.29) is 5.75 Å². The first-order valence-corrected chi connectivity index (χ1v) is 7.54. The Bertz CT molecular complexity index is 429. The molecular formula is C12H18N2O2S. The van der Waals surface area contributed by atoms with Gasteiger partial charge < -0.3 is 0 Å². The van der Waals surface area contributed by atoms with Gasteiger partial charge in [0, 0.05) is 19.6 Å². The molecule has 1 aromatic carbocycles. The van der Waals surface area contributed by atoms with E-state index < -0.39 is 10.0 Å². The van der Waals surface area contributed by atoms with E-state index in [1.54, 1.807) is 0 Å². The van der Waals surface area contributed by atoms with Crippen molar-refractivity contribution < 1.29 is 8.42 Å². The lowest BCUT2D eigenvalue weighted by molar-refractivity contribution is 0.267. The van der Waals surface area contributed by atoms with Gasteiger partial charge >= 0.3 is 0 Å². The molecule has 4 nitrogen and oxygen atoms in total. The maximum absolute atomic E-state index is 11.4. The van der Waals surface area contributed by atoms with E-state index in [4.69, 9.17) is 0 Å². The minimum atomic E-state index is -3.02. The lowest BCUT2D eigenvalue weighted by Crippen LogP contribution is -2.40. The zero-order chi connectivity index (χ0) is 12.1. The van der Waals surface area contributed by atoms with Crippen LogP contribution in [-0.2, 0) is 16.6 Å². The van der Waals surface area contributed by atoms with E-state index in [1.807, 2.05) is 18.2 Å². The number of rotatable bonds is 2. The Hall–Kier alpha value is -0.910. The normalized spacial score (nSPS) is 21.6. The van der Waals surface area contributed by atoms with Crippen molar-refractivity contribution in [3.63, 3.8) is 0 Å². The molecule has 0 atom stereocenters. The summed E-state index contributed by atoms with van der Waals surface area (Å²) in [5.74, 6) is 0.234. The summed E-state index contributed by atoms with van der Waals surface area (Å²) in [6, 6.07) is 10.3. The molecule has 0 radical (unpaired) electrons. The zero-order valence-corrected chi connectivity index (χ0v) is 10.6. The van der Waals surface area contributed by atoms with Crippen molar-refractivity contribution in [1.29, 1.82) is 0 Å². The number of nitrogens with zero attached hydrogens (tertiary/aromatic N) is 1. The molecule has 0 aliphatic carbocycles. The van der Waals surface area contributed by atoms with Crippen LogP contribution in [0.1, 0.15) is 12.0 Å². The van der Waals surface area contributed by atoms with Gasteiger partial charge in [-0.05, 0) is 18.5 Å². The van der Waals surface area contributed by atoms with E-state index in [0.29, 0.717) is 13.0 Å². The van der Waals surface area contributed by atoms with Crippen molar-refractivity contribution in [2.75, 3.05) is 25.4 Å². The van der Waals surface area contributed by atoms with Gasteiger partial charge in [-0.3, -0.25) is 4.90 Å². The summed E-state index contributed by atoms with van der Waals surface area (Å²) >= 11 is 0. The van der Waals surface area contributed by atoms with Gasteiger partial charge in [-0.1, -0.05) is 30.3 Å². The topological polar surface area (TPSA) is 49.4 Å². The minimum absolute atomic E-state index is 0.234. The SMILES string of the molecule is O=S1(=O)CCCN(Cc2ccccc2)CCN1. The number of nitrogens with one attached hydrogen (secondary N) is 1. The standard InChI is InChI=1S/C12H18N2O2S/c15-17(16)10-4-8-14(9-7-13-17)11-12-5-2-1-3-6-12/h1-3,5-6,13H,4,7-11H2. The van der Waals surface area contributed by atoms with Gasteiger partial charge in [0.15, 0.2) is 0 Å². The highest BCUT2D eigenvalue weighted by atomic mass is 32.2. The molecule has 0 bridgehead atoms. The molecule has 1 aromatic rings. The number of benzene rings is 1. The molecule has 0 aromatic heterocycles. The van der Waals surface area contributed by atoms with Gasteiger partial charge in [0.1, 0.15) is 0 Å². The largest absolute Gasteiger partial charge is 0.298 e. The van der Waals surface area contributed by atoms with Gasteiger partial charge in [-0.2, -0.15) is 0 Å². The van der Waals surface area contributed by atoms with Crippen LogP contribution in [-0.4, -0.2) is 38.7 Å². The number of hydrogen-bond donors (Lipinski definition) is 1. The Morgan fingerprint density at radius 1 is 1.18 bits per heavy atom. The van der Waals surface area contributed by atoms with Crippen molar-refractivity contribution >= 4 is 10.0 Å². The fraction of sp³-hybridized carbons (Fsp3) is 0.500. The van der Waals surface area contributed by atoms with E-state index in [2.05, 4.69) is 21.8 Å². The lowest BCUT2D eigenvalue weighted by Gasteiger charge is -2.24. The van der Waals surface area contributed by atoms with E-state index in [9.17, 15) is 8.42 Å².